The van der Waals surface area contributed by atoms with Crippen molar-refractivity contribution in [2.75, 3.05) is 7.11 Å². The number of ether oxygens (including phenoxy) is 2. The standard InChI is InChI=1S/C17H22N2O5/c1-23-16(21)10-15(20)18-13-8-5-9-14(13)19-17(22)24-11-12-6-3-2-4-7-12/h2-4,6-7,13-14H,5,8-11H2,1H3,(H,18,20)(H,19,22)/t13-,14-/m0/s1. The van der Waals surface area contributed by atoms with E-state index in [1.807, 2.05) is 30.3 Å². The van der Waals surface area contributed by atoms with Crippen molar-refractivity contribution in [3.05, 3.63) is 35.9 Å². The van der Waals surface area contributed by atoms with E-state index >= 15 is 0 Å². The highest BCUT2D eigenvalue weighted by Gasteiger charge is 2.30. The molecule has 7 heteroatoms. The van der Waals surface area contributed by atoms with E-state index in [1.165, 1.54) is 7.11 Å². The molecule has 2 amide bonds. The number of carbonyl (C=O) groups is 3. The van der Waals surface area contributed by atoms with Gasteiger partial charge in [-0.15, -0.1) is 0 Å². The van der Waals surface area contributed by atoms with E-state index < -0.39 is 18.0 Å². The van der Waals surface area contributed by atoms with Crippen molar-refractivity contribution in [2.45, 2.75) is 44.4 Å². The van der Waals surface area contributed by atoms with Crippen molar-refractivity contribution < 1.29 is 23.9 Å². The summed E-state index contributed by atoms with van der Waals surface area (Å²) < 4.78 is 9.65. The number of nitrogens with one attached hydrogen (secondary N) is 2. The highest BCUT2D eigenvalue weighted by Crippen LogP contribution is 2.19. The van der Waals surface area contributed by atoms with Crippen LogP contribution in [0, 0.1) is 0 Å². The van der Waals surface area contributed by atoms with Crippen LogP contribution in [0.2, 0.25) is 0 Å². The normalized spacial score (nSPS) is 19.4. The second kappa shape index (κ2) is 8.90. The van der Waals surface area contributed by atoms with Crippen LogP contribution in [0.4, 0.5) is 4.79 Å². The Bertz CT molecular complexity index is 576. The smallest absolute Gasteiger partial charge is 0.407 e. The van der Waals surface area contributed by atoms with Crippen molar-refractivity contribution in [1.82, 2.24) is 10.6 Å². The molecule has 1 aliphatic rings. The predicted octanol–water partition coefficient (Wildman–Crippen LogP) is 1.51. The maximum absolute atomic E-state index is 11.9. The number of methoxy groups -OCH3 is 1. The number of hydrogen-bond acceptors (Lipinski definition) is 5. The van der Waals surface area contributed by atoms with Gasteiger partial charge in [-0.25, -0.2) is 4.79 Å². The third-order valence-corrected chi connectivity index (χ3v) is 3.91. The molecule has 7 nitrogen and oxygen atoms in total. The summed E-state index contributed by atoms with van der Waals surface area (Å²) in [5.74, 6) is -0.990. The Balaban J connectivity index is 1.77. The molecule has 1 aromatic carbocycles. The van der Waals surface area contributed by atoms with Crippen LogP contribution < -0.4 is 10.6 Å². The zero-order valence-corrected chi connectivity index (χ0v) is 13.6. The summed E-state index contributed by atoms with van der Waals surface area (Å²) in [4.78, 5) is 34.8. The van der Waals surface area contributed by atoms with Crippen molar-refractivity contribution >= 4 is 18.0 Å². The van der Waals surface area contributed by atoms with Gasteiger partial charge in [-0.1, -0.05) is 30.3 Å². The monoisotopic (exact) mass is 334 g/mol. The van der Waals surface area contributed by atoms with E-state index in [1.54, 1.807) is 0 Å². The average Bonchev–Trinajstić information content (AvgIpc) is 3.00. The molecule has 2 rings (SSSR count). The summed E-state index contributed by atoms with van der Waals surface area (Å²) in [7, 11) is 1.23. The summed E-state index contributed by atoms with van der Waals surface area (Å²) in [5, 5.41) is 5.54. The minimum Gasteiger partial charge on any atom is -0.469 e. The number of carbonyl (C=O) groups excluding carboxylic acids is 3. The molecule has 0 aromatic heterocycles. The predicted molar refractivity (Wildman–Crippen MR) is 86.0 cm³/mol. The maximum Gasteiger partial charge on any atom is 0.407 e. The summed E-state index contributed by atoms with van der Waals surface area (Å²) in [6, 6.07) is 8.99. The second-order valence-electron chi connectivity index (χ2n) is 5.67. The first-order chi connectivity index (χ1) is 11.6. The van der Waals surface area contributed by atoms with E-state index in [9.17, 15) is 14.4 Å². The van der Waals surface area contributed by atoms with Crippen LogP contribution in [-0.2, 0) is 25.7 Å². The Hall–Kier alpha value is -2.57. The molecular formula is C17H22N2O5. The van der Waals surface area contributed by atoms with Gasteiger partial charge in [0.2, 0.25) is 5.91 Å². The van der Waals surface area contributed by atoms with E-state index in [0.29, 0.717) is 0 Å². The van der Waals surface area contributed by atoms with Gasteiger partial charge in [-0.05, 0) is 24.8 Å². The molecule has 24 heavy (non-hydrogen) atoms. The van der Waals surface area contributed by atoms with Crippen molar-refractivity contribution in [3.8, 4) is 0 Å². The first kappa shape index (κ1) is 17.8. The molecule has 1 fully saturated rings. The number of hydrogen-bond donors (Lipinski definition) is 2. The van der Waals surface area contributed by atoms with Gasteiger partial charge in [-0.2, -0.15) is 0 Å². The summed E-state index contributed by atoms with van der Waals surface area (Å²) in [5.41, 5.74) is 0.905. The Kier molecular flexibility index (Phi) is 6.60. The molecule has 0 radical (unpaired) electrons. The first-order valence-electron chi connectivity index (χ1n) is 7.92. The van der Waals surface area contributed by atoms with Crippen LogP contribution in [0.1, 0.15) is 31.2 Å². The van der Waals surface area contributed by atoms with Gasteiger partial charge in [0.1, 0.15) is 13.0 Å². The number of alkyl carbamates (subject to hydrolysis) is 1. The molecule has 0 spiro atoms. The van der Waals surface area contributed by atoms with Gasteiger partial charge in [-0.3, -0.25) is 9.59 Å². The topological polar surface area (TPSA) is 93.7 Å². The third kappa shape index (κ3) is 5.57. The van der Waals surface area contributed by atoms with Crippen molar-refractivity contribution in [3.63, 3.8) is 0 Å². The SMILES string of the molecule is COC(=O)CC(=O)N[C@H]1CCC[C@@H]1NC(=O)OCc1ccccc1. The molecule has 0 bridgehead atoms. The van der Waals surface area contributed by atoms with Gasteiger partial charge < -0.3 is 20.1 Å². The summed E-state index contributed by atoms with van der Waals surface area (Å²) >= 11 is 0. The zero-order valence-electron chi connectivity index (χ0n) is 13.6. The molecule has 1 aliphatic carbocycles. The number of benzene rings is 1. The fourth-order valence-electron chi connectivity index (χ4n) is 2.68. The van der Waals surface area contributed by atoms with Crippen LogP contribution in [-0.4, -0.2) is 37.2 Å². The number of esters is 1. The van der Waals surface area contributed by atoms with E-state index in [4.69, 9.17) is 4.74 Å². The third-order valence-electron chi connectivity index (χ3n) is 3.91. The quantitative estimate of drug-likeness (QED) is 0.607. The molecule has 0 unspecified atom stereocenters. The van der Waals surface area contributed by atoms with Gasteiger partial charge in [0.25, 0.3) is 0 Å². The highest BCUT2D eigenvalue weighted by atomic mass is 16.5. The molecule has 0 aliphatic heterocycles. The largest absolute Gasteiger partial charge is 0.469 e. The summed E-state index contributed by atoms with van der Waals surface area (Å²) in [6.45, 7) is 0.193. The number of rotatable bonds is 6. The van der Waals surface area contributed by atoms with Gasteiger partial charge >= 0.3 is 12.1 Å². The second-order valence-corrected chi connectivity index (χ2v) is 5.67. The van der Waals surface area contributed by atoms with Gasteiger partial charge in [0, 0.05) is 6.04 Å². The minimum atomic E-state index is -0.586. The lowest BCUT2D eigenvalue weighted by atomic mass is 10.1. The van der Waals surface area contributed by atoms with Gasteiger partial charge in [0.05, 0.1) is 13.2 Å². The first-order valence-corrected chi connectivity index (χ1v) is 7.92. The van der Waals surface area contributed by atoms with Crippen molar-refractivity contribution in [2.24, 2.45) is 0 Å². The van der Waals surface area contributed by atoms with Gasteiger partial charge in [0.15, 0.2) is 0 Å². The highest BCUT2D eigenvalue weighted by molar-refractivity contribution is 5.94. The molecular weight excluding hydrogens is 312 g/mol. The molecule has 1 saturated carbocycles. The summed E-state index contributed by atoms with van der Waals surface area (Å²) in [6.07, 6.45) is 1.54. The molecule has 130 valence electrons. The Morgan fingerprint density at radius 2 is 1.75 bits per heavy atom. The van der Waals surface area contributed by atoms with Crippen LogP contribution >= 0.6 is 0 Å². The Morgan fingerprint density at radius 1 is 1.08 bits per heavy atom. The molecule has 1 aromatic rings. The minimum absolute atomic E-state index is 0.193. The van der Waals surface area contributed by atoms with Crippen LogP contribution in [0.25, 0.3) is 0 Å². The molecule has 2 atom stereocenters. The van der Waals surface area contributed by atoms with E-state index in [2.05, 4.69) is 15.4 Å². The van der Waals surface area contributed by atoms with Crippen LogP contribution in [0.3, 0.4) is 0 Å². The maximum atomic E-state index is 11.9. The Labute approximate surface area is 140 Å². The molecule has 0 heterocycles. The zero-order chi connectivity index (χ0) is 17.4. The van der Waals surface area contributed by atoms with Crippen molar-refractivity contribution in [1.29, 1.82) is 0 Å². The van der Waals surface area contributed by atoms with E-state index in [-0.39, 0.29) is 25.1 Å². The average molecular weight is 334 g/mol. The van der Waals surface area contributed by atoms with Crippen LogP contribution in [0.15, 0.2) is 30.3 Å². The van der Waals surface area contributed by atoms with E-state index in [0.717, 1.165) is 24.8 Å². The fraction of sp³-hybridized carbons (Fsp3) is 0.471. The molecule has 0 saturated heterocycles. The number of amides is 2. The lowest BCUT2D eigenvalue weighted by Crippen LogP contribution is -2.49. The lowest BCUT2D eigenvalue weighted by Gasteiger charge is -2.21. The molecule has 2 N–H and O–H groups in total. The lowest BCUT2D eigenvalue weighted by molar-refractivity contribution is -0.144. The fourth-order valence-corrected chi connectivity index (χ4v) is 2.68. The Morgan fingerprint density at radius 3 is 2.42 bits per heavy atom. The van der Waals surface area contributed by atoms with Crippen LogP contribution in [0.5, 0.6) is 0 Å².